The van der Waals surface area contributed by atoms with Gasteiger partial charge in [0, 0.05) is 25.1 Å². The summed E-state index contributed by atoms with van der Waals surface area (Å²) < 4.78 is 1.84. The van der Waals surface area contributed by atoms with Crippen LogP contribution in [0.3, 0.4) is 0 Å². The van der Waals surface area contributed by atoms with Crippen LogP contribution < -0.4 is 10.6 Å². The van der Waals surface area contributed by atoms with Crippen LogP contribution in [0, 0.1) is 20.8 Å². The summed E-state index contributed by atoms with van der Waals surface area (Å²) in [6.07, 6.45) is 3.50. The average molecular weight is 346 g/mol. The van der Waals surface area contributed by atoms with Gasteiger partial charge in [-0.25, -0.2) is 4.98 Å². The van der Waals surface area contributed by atoms with Gasteiger partial charge in [0.25, 0.3) is 0 Å². The standard InChI is InChI=1S/C17H22N4O2S/c1-11-7-12(2)16(13(3)8-11)20-14(22)9-19-15(23)10-24-17-18-5-6-21(17)4/h5-8H,9-10H2,1-4H3,(H,19,23)(H,20,22). The highest BCUT2D eigenvalue weighted by atomic mass is 32.2. The van der Waals surface area contributed by atoms with E-state index < -0.39 is 0 Å². The number of nitrogens with one attached hydrogen (secondary N) is 2. The molecule has 6 nitrogen and oxygen atoms in total. The van der Waals surface area contributed by atoms with E-state index in [0.717, 1.165) is 27.5 Å². The molecule has 0 spiro atoms. The summed E-state index contributed by atoms with van der Waals surface area (Å²) in [6.45, 7) is 5.88. The van der Waals surface area contributed by atoms with Crippen molar-refractivity contribution in [2.75, 3.05) is 17.6 Å². The van der Waals surface area contributed by atoms with E-state index in [1.165, 1.54) is 11.8 Å². The van der Waals surface area contributed by atoms with Gasteiger partial charge in [0.05, 0.1) is 12.3 Å². The molecule has 1 heterocycles. The molecule has 0 radical (unpaired) electrons. The van der Waals surface area contributed by atoms with Crippen LogP contribution in [0.1, 0.15) is 16.7 Å². The summed E-state index contributed by atoms with van der Waals surface area (Å²) in [5.74, 6) is -0.211. The third-order valence-corrected chi connectivity index (χ3v) is 4.56. The molecule has 0 unspecified atom stereocenters. The molecule has 2 aromatic rings. The topological polar surface area (TPSA) is 76.0 Å². The quantitative estimate of drug-likeness (QED) is 0.786. The number of aromatic nitrogens is 2. The fourth-order valence-electron chi connectivity index (χ4n) is 2.41. The first-order chi connectivity index (χ1) is 11.4. The molecule has 2 N–H and O–H groups in total. The van der Waals surface area contributed by atoms with E-state index in [0.29, 0.717) is 0 Å². The lowest BCUT2D eigenvalue weighted by Gasteiger charge is -2.13. The summed E-state index contributed by atoms with van der Waals surface area (Å²) in [7, 11) is 1.87. The number of anilines is 1. The number of nitrogens with zero attached hydrogens (tertiary/aromatic N) is 2. The Kier molecular flexibility index (Phi) is 6.03. The second-order valence-electron chi connectivity index (χ2n) is 5.71. The van der Waals surface area contributed by atoms with Gasteiger partial charge in [0.2, 0.25) is 11.8 Å². The van der Waals surface area contributed by atoms with Crippen molar-refractivity contribution in [3.63, 3.8) is 0 Å². The minimum absolute atomic E-state index is 0.0489. The number of carbonyl (C=O) groups excluding carboxylic acids is 2. The molecule has 1 aromatic carbocycles. The smallest absolute Gasteiger partial charge is 0.243 e. The van der Waals surface area contributed by atoms with Crippen molar-refractivity contribution in [3.05, 3.63) is 41.2 Å². The van der Waals surface area contributed by atoms with E-state index in [1.54, 1.807) is 6.20 Å². The minimum Gasteiger partial charge on any atom is -0.346 e. The van der Waals surface area contributed by atoms with Gasteiger partial charge in [0.1, 0.15) is 0 Å². The van der Waals surface area contributed by atoms with E-state index in [4.69, 9.17) is 0 Å². The zero-order valence-corrected chi connectivity index (χ0v) is 15.2. The van der Waals surface area contributed by atoms with E-state index in [1.807, 2.05) is 50.7 Å². The lowest BCUT2D eigenvalue weighted by atomic mass is 10.1. The molecule has 0 atom stereocenters. The van der Waals surface area contributed by atoms with Crippen molar-refractivity contribution < 1.29 is 9.59 Å². The fraction of sp³-hybridized carbons (Fsp3) is 0.353. The fourth-order valence-corrected chi connectivity index (χ4v) is 3.17. The molecule has 0 saturated carbocycles. The maximum Gasteiger partial charge on any atom is 0.243 e. The van der Waals surface area contributed by atoms with Crippen molar-refractivity contribution >= 4 is 29.3 Å². The second-order valence-corrected chi connectivity index (χ2v) is 6.65. The van der Waals surface area contributed by atoms with Crippen LogP contribution in [0.15, 0.2) is 29.7 Å². The number of thioether (sulfide) groups is 1. The number of hydrogen-bond acceptors (Lipinski definition) is 4. The number of amides is 2. The Morgan fingerprint density at radius 2 is 1.83 bits per heavy atom. The molecule has 0 aliphatic heterocycles. The Hall–Kier alpha value is -2.28. The zero-order valence-electron chi connectivity index (χ0n) is 14.3. The largest absolute Gasteiger partial charge is 0.346 e. The number of hydrogen-bond donors (Lipinski definition) is 2. The predicted molar refractivity (Wildman–Crippen MR) is 96.2 cm³/mol. The van der Waals surface area contributed by atoms with Crippen molar-refractivity contribution in [3.8, 4) is 0 Å². The first-order valence-electron chi connectivity index (χ1n) is 7.61. The Labute approximate surface area is 146 Å². The van der Waals surface area contributed by atoms with Crippen LogP contribution in [0.4, 0.5) is 5.69 Å². The lowest BCUT2D eigenvalue weighted by molar-refractivity contribution is -0.122. The van der Waals surface area contributed by atoms with Crippen LogP contribution in [0.25, 0.3) is 0 Å². The maximum absolute atomic E-state index is 12.0. The van der Waals surface area contributed by atoms with Crippen LogP contribution in [-0.4, -0.2) is 33.7 Å². The van der Waals surface area contributed by atoms with Gasteiger partial charge in [0.15, 0.2) is 5.16 Å². The van der Waals surface area contributed by atoms with Crippen molar-refractivity contribution in [1.29, 1.82) is 0 Å². The van der Waals surface area contributed by atoms with Gasteiger partial charge < -0.3 is 15.2 Å². The molecule has 0 fully saturated rings. The predicted octanol–water partition coefficient (Wildman–Crippen LogP) is 2.19. The van der Waals surface area contributed by atoms with Crippen molar-refractivity contribution in [2.24, 2.45) is 7.05 Å². The van der Waals surface area contributed by atoms with E-state index in [2.05, 4.69) is 15.6 Å². The minimum atomic E-state index is -0.236. The van der Waals surface area contributed by atoms with Gasteiger partial charge >= 0.3 is 0 Å². The molecule has 2 rings (SSSR count). The summed E-state index contributed by atoms with van der Waals surface area (Å²) >= 11 is 1.33. The highest BCUT2D eigenvalue weighted by Crippen LogP contribution is 2.21. The zero-order chi connectivity index (χ0) is 17.7. The SMILES string of the molecule is Cc1cc(C)c(NC(=O)CNC(=O)CSc2nccn2C)c(C)c1. The normalized spacial score (nSPS) is 10.5. The van der Waals surface area contributed by atoms with Gasteiger partial charge in [-0.2, -0.15) is 0 Å². The van der Waals surface area contributed by atoms with Gasteiger partial charge in [-0.1, -0.05) is 29.5 Å². The van der Waals surface area contributed by atoms with Crippen molar-refractivity contribution in [2.45, 2.75) is 25.9 Å². The van der Waals surface area contributed by atoms with Gasteiger partial charge in [-0.05, 0) is 31.9 Å². The van der Waals surface area contributed by atoms with Crippen LogP contribution >= 0.6 is 11.8 Å². The highest BCUT2D eigenvalue weighted by Gasteiger charge is 2.11. The number of imidazole rings is 1. The molecule has 0 bridgehead atoms. The molecule has 128 valence electrons. The van der Waals surface area contributed by atoms with E-state index in [-0.39, 0.29) is 24.1 Å². The number of carbonyl (C=O) groups is 2. The molecular formula is C17H22N4O2S. The number of benzene rings is 1. The lowest BCUT2D eigenvalue weighted by Crippen LogP contribution is -2.34. The van der Waals surface area contributed by atoms with E-state index in [9.17, 15) is 9.59 Å². The Morgan fingerprint density at radius 1 is 1.17 bits per heavy atom. The molecule has 1 aromatic heterocycles. The Balaban J connectivity index is 1.81. The molecule has 2 amide bonds. The maximum atomic E-state index is 12.0. The highest BCUT2D eigenvalue weighted by molar-refractivity contribution is 7.99. The van der Waals surface area contributed by atoms with Crippen LogP contribution in [-0.2, 0) is 16.6 Å². The third-order valence-electron chi connectivity index (χ3n) is 3.50. The van der Waals surface area contributed by atoms with Gasteiger partial charge in [-0.15, -0.1) is 0 Å². The van der Waals surface area contributed by atoms with Crippen LogP contribution in [0.5, 0.6) is 0 Å². The third kappa shape index (κ3) is 4.86. The summed E-state index contributed by atoms with van der Waals surface area (Å²) in [4.78, 5) is 28.0. The molecule has 0 saturated heterocycles. The number of aryl methyl sites for hydroxylation is 4. The molecule has 24 heavy (non-hydrogen) atoms. The summed E-state index contributed by atoms with van der Waals surface area (Å²) in [6, 6.07) is 4.04. The van der Waals surface area contributed by atoms with E-state index >= 15 is 0 Å². The second kappa shape index (κ2) is 8.01. The molecule has 0 aliphatic carbocycles. The van der Waals surface area contributed by atoms with Crippen LogP contribution in [0.2, 0.25) is 0 Å². The first kappa shape index (κ1) is 18.1. The summed E-state index contributed by atoms with van der Waals surface area (Å²) in [5.41, 5.74) is 3.99. The van der Waals surface area contributed by atoms with Gasteiger partial charge in [-0.3, -0.25) is 9.59 Å². The monoisotopic (exact) mass is 346 g/mol. The molecular weight excluding hydrogens is 324 g/mol. The molecule has 0 aliphatic rings. The summed E-state index contributed by atoms with van der Waals surface area (Å²) in [5, 5.41) is 6.25. The molecule has 7 heteroatoms. The number of rotatable bonds is 6. The van der Waals surface area contributed by atoms with Crippen molar-refractivity contribution in [1.82, 2.24) is 14.9 Å². The Morgan fingerprint density at radius 3 is 2.42 bits per heavy atom. The average Bonchev–Trinajstić information content (AvgIpc) is 2.92. The first-order valence-corrected chi connectivity index (χ1v) is 8.60. The Bertz CT molecular complexity index is 732.